The Kier molecular flexibility index (Phi) is 5.95. The minimum Gasteiger partial charge on any atom is -0.481 e. The van der Waals surface area contributed by atoms with E-state index in [0.717, 1.165) is 36.5 Å². The van der Waals surface area contributed by atoms with Crippen LogP contribution in [0.15, 0.2) is 24.5 Å². The van der Waals surface area contributed by atoms with Crippen LogP contribution in [0.3, 0.4) is 0 Å². The van der Waals surface area contributed by atoms with Gasteiger partial charge in [-0.2, -0.15) is 0 Å². The number of thiazole rings is 1. The van der Waals surface area contributed by atoms with E-state index in [1.54, 1.807) is 13.3 Å². The largest absolute Gasteiger partial charge is 0.481 e. The third-order valence-corrected chi connectivity index (χ3v) is 4.81. The van der Waals surface area contributed by atoms with Crippen LogP contribution in [0.1, 0.15) is 17.4 Å². The number of rotatable bonds is 6. The molecule has 1 N–H and O–H groups in total. The molecule has 134 valence electrons. The third kappa shape index (κ3) is 5.22. The molecule has 8 heteroatoms. The van der Waals surface area contributed by atoms with Crippen LogP contribution in [-0.2, 0) is 22.5 Å². The molecule has 1 aliphatic heterocycles. The topological polar surface area (TPSA) is 76.6 Å². The summed E-state index contributed by atoms with van der Waals surface area (Å²) >= 11 is 1.51. The molecule has 1 fully saturated rings. The Morgan fingerprint density at radius 3 is 3.20 bits per heavy atom. The van der Waals surface area contributed by atoms with E-state index in [2.05, 4.69) is 20.2 Å². The van der Waals surface area contributed by atoms with Crippen molar-refractivity contribution in [2.24, 2.45) is 0 Å². The van der Waals surface area contributed by atoms with Crippen molar-refractivity contribution in [3.63, 3.8) is 0 Å². The fourth-order valence-corrected chi connectivity index (χ4v) is 3.71. The summed E-state index contributed by atoms with van der Waals surface area (Å²) in [5, 5.41) is 3.37. The Labute approximate surface area is 151 Å². The predicted octanol–water partition coefficient (Wildman–Crippen LogP) is 1.95. The first-order chi connectivity index (χ1) is 12.1. The van der Waals surface area contributed by atoms with Gasteiger partial charge in [-0.25, -0.2) is 9.97 Å². The average molecular weight is 362 g/mol. The molecule has 2 aromatic heterocycles. The van der Waals surface area contributed by atoms with Crippen LogP contribution < -0.4 is 10.1 Å². The number of morpholine rings is 1. The number of nitrogens with one attached hydrogen (secondary N) is 1. The van der Waals surface area contributed by atoms with Crippen LogP contribution in [0.4, 0.5) is 5.13 Å². The second kappa shape index (κ2) is 8.37. The van der Waals surface area contributed by atoms with Crippen LogP contribution in [-0.4, -0.2) is 53.7 Å². The zero-order valence-corrected chi connectivity index (χ0v) is 15.2. The monoisotopic (exact) mass is 362 g/mol. The Bertz CT molecular complexity index is 721. The summed E-state index contributed by atoms with van der Waals surface area (Å²) in [7, 11) is 1.62. The number of hydrogen-bond acceptors (Lipinski definition) is 7. The summed E-state index contributed by atoms with van der Waals surface area (Å²) < 4.78 is 11.1. The number of carbonyl (C=O) groups is 1. The highest BCUT2D eigenvalue weighted by Gasteiger charge is 2.21. The van der Waals surface area contributed by atoms with E-state index >= 15 is 0 Å². The highest BCUT2D eigenvalue weighted by Crippen LogP contribution is 2.21. The summed E-state index contributed by atoms with van der Waals surface area (Å²) in [5.74, 6) is 0.528. The van der Waals surface area contributed by atoms with E-state index < -0.39 is 0 Å². The van der Waals surface area contributed by atoms with Gasteiger partial charge in [0.05, 0.1) is 19.8 Å². The number of methoxy groups -OCH3 is 1. The quantitative estimate of drug-likeness (QED) is 0.846. The van der Waals surface area contributed by atoms with Gasteiger partial charge in [0.25, 0.3) is 0 Å². The van der Waals surface area contributed by atoms with Crippen molar-refractivity contribution in [2.45, 2.75) is 26.0 Å². The van der Waals surface area contributed by atoms with Crippen molar-refractivity contribution >= 4 is 22.4 Å². The lowest BCUT2D eigenvalue weighted by Gasteiger charge is -2.32. The number of aromatic nitrogens is 2. The average Bonchev–Trinajstić information content (AvgIpc) is 3.01. The lowest BCUT2D eigenvalue weighted by molar-refractivity contribution is -0.114. The van der Waals surface area contributed by atoms with Crippen LogP contribution >= 0.6 is 11.3 Å². The SMILES string of the molecule is COc1cc(C[C@@H]2CN(Cc3cnc(NC(C)=O)s3)CCO2)ccn1. The van der Waals surface area contributed by atoms with E-state index in [4.69, 9.17) is 9.47 Å². The predicted molar refractivity (Wildman–Crippen MR) is 95.9 cm³/mol. The van der Waals surface area contributed by atoms with Gasteiger partial charge in [0.15, 0.2) is 5.13 Å². The van der Waals surface area contributed by atoms with E-state index in [-0.39, 0.29) is 12.0 Å². The lowest BCUT2D eigenvalue weighted by Crippen LogP contribution is -2.42. The number of carbonyl (C=O) groups excluding carboxylic acids is 1. The maximum atomic E-state index is 11.1. The van der Waals surface area contributed by atoms with Gasteiger partial charge in [-0.1, -0.05) is 0 Å². The summed E-state index contributed by atoms with van der Waals surface area (Å²) in [5.41, 5.74) is 1.16. The summed E-state index contributed by atoms with van der Waals surface area (Å²) in [6.45, 7) is 4.77. The molecule has 1 saturated heterocycles. The second-order valence-corrected chi connectivity index (χ2v) is 7.07. The molecule has 2 aromatic rings. The zero-order chi connectivity index (χ0) is 17.6. The van der Waals surface area contributed by atoms with E-state index in [1.807, 2.05) is 18.3 Å². The lowest BCUT2D eigenvalue weighted by atomic mass is 10.1. The maximum absolute atomic E-state index is 11.1. The van der Waals surface area contributed by atoms with Crippen molar-refractivity contribution in [3.8, 4) is 5.88 Å². The second-order valence-electron chi connectivity index (χ2n) is 5.95. The van der Waals surface area contributed by atoms with E-state index in [9.17, 15) is 4.79 Å². The van der Waals surface area contributed by atoms with Gasteiger partial charge in [0, 0.05) is 56.3 Å². The summed E-state index contributed by atoms with van der Waals surface area (Å²) in [6, 6.07) is 3.94. The molecule has 0 aliphatic carbocycles. The van der Waals surface area contributed by atoms with Gasteiger partial charge in [-0.3, -0.25) is 9.69 Å². The van der Waals surface area contributed by atoms with Crippen molar-refractivity contribution < 1.29 is 14.3 Å². The normalized spacial score (nSPS) is 18.1. The fraction of sp³-hybridized carbons (Fsp3) is 0.471. The molecule has 0 saturated carbocycles. The number of amides is 1. The molecule has 7 nitrogen and oxygen atoms in total. The number of ether oxygens (including phenoxy) is 2. The minimum absolute atomic E-state index is 0.0971. The first kappa shape index (κ1) is 17.8. The van der Waals surface area contributed by atoms with Crippen LogP contribution in [0, 0.1) is 0 Å². The highest BCUT2D eigenvalue weighted by molar-refractivity contribution is 7.15. The van der Waals surface area contributed by atoms with Gasteiger partial charge < -0.3 is 14.8 Å². The van der Waals surface area contributed by atoms with Crippen molar-refractivity contribution in [2.75, 3.05) is 32.1 Å². The van der Waals surface area contributed by atoms with Crippen LogP contribution in [0.5, 0.6) is 5.88 Å². The molecule has 0 unspecified atom stereocenters. The highest BCUT2D eigenvalue weighted by atomic mass is 32.1. The van der Waals surface area contributed by atoms with E-state index in [0.29, 0.717) is 17.6 Å². The molecule has 1 aliphatic rings. The maximum Gasteiger partial charge on any atom is 0.223 e. The van der Waals surface area contributed by atoms with Crippen molar-refractivity contribution in [3.05, 3.63) is 35.0 Å². The fourth-order valence-electron chi connectivity index (χ4n) is 2.81. The zero-order valence-electron chi connectivity index (χ0n) is 14.4. The molecule has 0 aromatic carbocycles. The molecule has 0 bridgehead atoms. The number of hydrogen-bond donors (Lipinski definition) is 1. The minimum atomic E-state index is -0.0971. The summed E-state index contributed by atoms with van der Waals surface area (Å²) in [4.78, 5) is 23.0. The number of anilines is 1. The molecular weight excluding hydrogens is 340 g/mol. The molecule has 3 rings (SSSR count). The molecule has 0 radical (unpaired) electrons. The van der Waals surface area contributed by atoms with Crippen LogP contribution in [0.2, 0.25) is 0 Å². The molecule has 0 spiro atoms. The molecule has 1 amide bonds. The molecular formula is C17H22N4O3S. The first-order valence-corrected chi connectivity index (χ1v) is 8.99. The van der Waals surface area contributed by atoms with Gasteiger partial charge in [0.2, 0.25) is 11.8 Å². The number of nitrogens with zero attached hydrogens (tertiary/aromatic N) is 3. The molecule has 3 heterocycles. The summed E-state index contributed by atoms with van der Waals surface area (Å²) in [6.07, 6.45) is 4.56. The Hall–Kier alpha value is -2.03. The van der Waals surface area contributed by atoms with Gasteiger partial charge in [-0.05, 0) is 11.6 Å². The Balaban J connectivity index is 1.55. The van der Waals surface area contributed by atoms with Crippen LogP contribution in [0.25, 0.3) is 0 Å². The van der Waals surface area contributed by atoms with Gasteiger partial charge in [0.1, 0.15) is 0 Å². The van der Waals surface area contributed by atoms with Gasteiger partial charge >= 0.3 is 0 Å². The van der Waals surface area contributed by atoms with Gasteiger partial charge in [-0.15, -0.1) is 11.3 Å². The van der Waals surface area contributed by atoms with E-state index in [1.165, 1.54) is 18.3 Å². The molecule has 25 heavy (non-hydrogen) atoms. The smallest absolute Gasteiger partial charge is 0.223 e. The van der Waals surface area contributed by atoms with Crippen molar-refractivity contribution in [1.29, 1.82) is 0 Å². The standard InChI is InChI=1S/C17H22N4O3S/c1-12(22)20-17-19-9-15(25-17)11-21-5-6-24-14(10-21)7-13-3-4-18-16(8-13)23-2/h3-4,8-9,14H,5-7,10-11H2,1-2H3,(H,19,20,22)/t14-/m1/s1. The molecule has 1 atom stereocenters. The Morgan fingerprint density at radius 2 is 2.40 bits per heavy atom. The first-order valence-electron chi connectivity index (χ1n) is 8.17. The Morgan fingerprint density at radius 1 is 1.52 bits per heavy atom. The van der Waals surface area contributed by atoms with Crippen molar-refractivity contribution in [1.82, 2.24) is 14.9 Å². The number of pyridine rings is 1. The third-order valence-electron chi connectivity index (χ3n) is 3.91.